The average Bonchev–Trinajstić information content (AvgIpc) is 3.13. The quantitative estimate of drug-likeness (QED) is 0.830. The van der Waals surface area contributed by atoms with Gasteiger partial charge in [-0.05, 0) is 69.1 Å². The van der Waals surface area contributed by atoms with Crippen molar-refractivity contribution in [1.29, 1.82) is 0 Å². The van der Waals surface area contributed by atoms with Crippen molar-refractivity contribution in [2.24, 2.45) is 0 Å². The van der Waals surface area contributed by atoms with E-state index < -0.39 is 0 Å². The Bertz CT molecular complexity index is 723. The van der Waals surface area contributed by atoms with E-state index in [-0.39, 0.29) is 5.91 Å². The topological polar surface area (TPSA) is 48.5 Å². The van der Waals surface area contributed by atoms with Crippen LogP contribution in [-0.4, -0.2) is 35.4 Å². The van der Waals surface area contributed by atoms with Crippen LogP contribution >= 0.6 is 0 Å². The highest BCUT2D eigenvalue weighted by atomic mass is 16.2. The van der Waals surface area contributed by atoms with Gasteiger partial charge in [0.2, 0.25) is 5.91 Å². The van der Waals surface area contributed by atoms with Crippen LogP contribution in [0.4, 0.5) is 17.2 Å². The van der Waals surface area contributed by atoms with E-state index in [9.17, 15) is 4.79 Å². The second-order valence-electron chi connectivity index (χ2n) is 7.09. The first-order valence-electron chi connectivity index (χ1n) is 9.65. The lowest BCUT2D eigenvalue weighted by Crippen LogP contribution is -2.27. The van der Waals surface area contributed by atoms with Crippen LogP contribution in [0.1, 0.15) is 37.7 Å². The molecule has 0 spiro atoms. The highest BCUT2D eigenvalue weighted by Crippen LogP contribution is 2.36. The van der Waals surface area contributed by atoms with Crippen molar-refractivity contribution < 1.29 is 4.79 Å². The maximum atomic E-state index is 13.1. The van der Waals surface area contributed by atoms with Gasteiger partial charge in [0.15, 0.2) is 5.82 Å². The monoisotopic (exact) mass is 350 g/mol. The van der Waals surface area contributed by atoms with E-state index >= 15 is 0 Å². The van der Waals surface area contributed by atoms with Crippen LogP contribution in [0.2, 0.25) is 0 Å². The number of likely N-dealkylation sites (tertiary alicyclic amines) is 1. The highest BCUT2D eigenvalue weighted by molar-refractivity contribution is 6.03. The highest BCUT2D eigenvalue weighted by Gasteiger charge is 2.26. The lowest BCUT2D eigenvalue weighted by molar-refractivity contribution is -0.118. The summed E-state index contributed by atoms with van der Waals surface area (Å²) in [4.78, 5) is 21.9. The molecule has 2 aromatic rings. The molecule has 1 fully saturated rings. The standard InChI is InChI=1S/C21H26N4O/c26-20(11-3-4-13-24-14-5-6-15-24)25-19-10-2-1-8-17(19)16-23-18-9-7-12-22-21(18)25/h1-2,7-10,12,23H,3-6,11,13-16H2. The summed E-state index contributed by atoms with van der Waals surface area (Å²) in [5, 5.41) is 3.41. The average molecular weight is 350 g/mol. The maximum absolute atomic E-state index is 13.1. The second kappa shape index (κ2) is 7.87. The number of carbonyl (C=O) groups excluding carboxylic acids is 1. The van der Waals surface area contributed by atoms with Gasteiger partial charge in [-0.2, -0.15) is 0 Å². The summed E-state index contributed by atoms with van der Waals surface area (Å²) in [6.07, 6.45) is 6.94. The molecule has 1 aromatic carbocycles. The van der Waals surface area contributed by atoms with Crippen LogP contribution in [0.25, 0.3) is 0 Å². The van der Waals surface area contributed by atoms with Crippen molar-refractivity contribution in [2.75, 3.05) is 29.9 Å². The van der Waals surface area contributed by atoms with Gasteiger partial charge in [0.25, 0.3) is 0 Å². The molecule has 0 atom stereocenters. The Labute approximate surface area is 155 Å². The zero-order valence-corrected chi connectivity index (χ0v) is 15.2. The summed E-state index contributed by atoms with van der Waals surface area (Å²) in [5.41, 5.74) is 2.98. The minimum atomic E-state index is 0.127. The lowest BCUT2D eigenvalue weighted by atomic mass is 10.1. The Morgan fingerprint density at radius 1 is 1.08 bits per heavy atom. The van der Waals surface area contributed by atoms with E-state index in [4.69, 9.17) is 0 Å². The molecular weight excluding hydrogens is 324 g/mol. The molecule has 1 aromatic heterocycles. The molecule has 0 radical (unpaired) electrons. The molecule has 26 heavy (non-hydrogen) atoms. The molecule has 3 heterocycles. The molecule has 1 N–H and O–H groups in total. The number of unbranched alkanes of at least 4 members (excludes halogenated alkanes) is 1. The van der Waals surface area contributed by atoms with Crippen molar-refractivity contribution in [3.63, 3.8) is 0 Å². The molecule has 0 aliphatic carbocycles. The lowest BCUT2D eigenvalue weighted by Gasteiger charge is -2.23. The van der Waals surface area contributed by atoms with Crippen molar-refractivity contribution in [3.8, 4) is 0 Å². The van der Waals surface area contributed by atoms with Gasteiger partial charge in [-0.1, -0.05) is 18.2 Å². The Kier molecular flexibility index (Phi) is 5.16. The Morgan fingerprint density at radius 2 is 1.92 bits per heavy atom. The number of nitrogens with one attached hydrogen (secondary N) is 1. The van der Waals surface area contributed by atoms with Crippen molar-refractivity contribution in [1.82, 2.24) is 9.88 Å². The third kappa shape index (κ3) is 3.58. The van der Waals surface area contributed by atoms with E-state index in [0.29, 0.717) is 18.8 Å². The molecule has 5 heteroatoms. The number of para-hydroxylation sites is 1. The summed E-state index contributed by atoms with van der Waals surface area (Å²) in [6, 6.07) is 12.0. The second-order valence-corrected chi connectivity index (χ2v) is 7.09. The fraction of sp³-hybridized carbons (Fsp3) is 0.429. The molecule has 4 rings (SSSR count). The van der Waals surface area contributed by atoms with Crippen molar-refractivity contribution >= 4 is 23.1 Å². The largest absolute Gasteiger partial charge is 0.378 e. The van der Waals surface area contributed by atoms with Crippen LogP contribution in [0.15, 0.2) is 42.6 Å². The normalized spacial score (nSPS) is 16.5. The Hall–Kier alpha value is -2.40. The molecule has 1 saturated heterocycles. The van der Waals surface area contributed by atoms with Gasteiger partial charge >= 0.3 is 0 Å². The van der Waals surface area contributed by atoms with E-state index in [1.807, 2.05) is 30.3 Å². The molecule has 136 valence electrons. The van der Waals surface area contributed by atoms with Gasteiger partial charge in [0.05, 0.1) is 11.4 Å². The van der Waals surface area contributed by atoms with Crippen LogP contribution in [-0.2, 0) is 11.3 Å². The van der Waals surface area contributed by atoms with Crippen molar-refractivity contribution in [3.05, 3.63) is 48.2 Å². The molecule has 2 aliphatic rings. The number of hydrogen-bond acceptors (Lipinski definition) is 4. The first-order valence-corrected chi connectivity index (χ1v) is 9.65. The first kappa shape index (κ1) is 17.0. The number of aromatic nitrogens is 1. The minimum absolute atomic E-state index is 0.127. The molecule has 0 unspecified atom stereocenters. The maximum Gasteiger partial charge on any atom is 0.232 e. The van der Waals surface area contributed by atoms with Gasteiger partial charge in [0, 0.05) is 19.2 Å². The number of hydrogen-bond donors (Lipinski definition) is 1. The van der Waals surface area contributed by atoms with E-state index in [1.165, 1.54) is 25.9 Å². The number of nitrogens with zero attached hydrogens (tertiary/aromatic N) is 3. The van der Waals surface area contributed by atoms with Gasteiger partial charge < -0.3 is 10.2 Å². The third-order valence-electron chi connectivity index (χ3n) is 5.26. The minimum Gasteiger partial charge on any atom is -0.378 e. The van der Waals surface area contributed by atoms with Crippen LogP contribution in [0.5, 0.6) is 0 Å². The number of anilines is 3. The molecule has 0 saturated carbocycles. The molecular formula is C21H26N4O. The predicted molar refractivity (Wildman–Crippen MR) is 105 cm³/mol. The number of fused-ring (bicyclic) bond motifs is 2. The van der Waals surface area contributed by atoms with Crippen LogP contribution in [0, 0.1) is 0 Å². The van der Waals surface area contributed by atoms with Crippen LogP contribution in [0.3, 0.4) is 0 Å². The van der Waals surface area contributed by atoms with E-state index in [2.05, 4.69) is 21.3 Å². The molecule has 1 amide bonds. The van der Waals surface area contributed by atoms with Gasteiger partial charge in [-0.15, -0.1) is 0 Å². The third-order valence-corrected chi connectivity index (χ3v) is 5.26. The summed E-state index contributed by atoms with van der Waals surface area (Å²) < 4.78 is 0. The van der Waals surface area contributed by atoms with E-state index in [0.717, 1.165) is 36.3 Å². The van der Waals surface area contributed by atoms with Gasteiger partial charge in [-0.3, -0.25) is 9.69 Å². The Morgan fingerprint density at radius 3 is 2.81 bits per heavy atom. The SMILES string of the molecule is O=C(CCCCN1CCCC1)N1c2ccccc2CNc2cccnc21. The molecule has 5 nitrogen and oxygen atoms in total. The van der Waals surface area contributed by atoms with Crippen molar-refractivity contribution in [2.45, 2.75) is 38.6 Å². The van der Waals surface area contributed by atoms with Gasteiger partial charge in [0.1, 0.15) is 0 Å². The fourth-order valence-corrected chi connectivity index (χ4v) is 3.88. The predicted octanol–water partition coefficient (Wildman–Crippen LogP) is 3.94. The van der Waals surface area contributed by atoms with E-state index in [1.54, 1.807) is 11.1 Å². The number of amides is 1. The fourth-order valence-electron chi connectivity index (χ4n) is 3.88. The zero-order valence-electron chi connectivity index (χ0n) is 15.2. The smallest absolute Gasteiger partial charge is 0.232 e. The number of carbonyl (C=O) groups is 1. The summed E-state index contributed by atoms with van der Waals surface area (Å²) in [5.74, 6) is 0.838. The Balaban J connectivity index is 1.49. The number of benzene rings is 1. The summed E-state index contributed by atoms with van der Waals surface area (Å²) in [6.45, 7) is 4.25. The van der Waals surface area contributed by atoms with Crippen LogP contribution < -0.4 is 10.2 Å². The number of pyridine rings is 1. The zero-order chi connectivity index (χ0) is 17.8. The molecule has 2 aliphatic heterocycles. The summed E-state index contributed by atoms with van der Waals surface area (Å²) in [7, 11) is 0. The molecule has 0 bridgehead atoms. The first-order chi connectivity index (χ1) is 12.8. The summed E-state index contributed by atoms with van der Waals surface area (Å²) >= 11 is 0. The number of rotatable bonds is 5. The van der Waals surface area contributed by atoms with Gasteiger partial charge in [-0.25, -0.2) is 4.98 Å².